The Morgan fingerprint density at radius 2 is 1.50 bits per heavy atom. The van der Waals surface area contributed by atoms with E-state index in [1.54, 1.807) is 48.5 Å². The van der Waals surface area contributed by atoms with E-state index in [4.69, 9.17) is 16.3 Å². The van der Waals surface area contributed by atoms with Crippen molar-refractivity contribution in [1.82, 2.24) is 0 Å². The lowest BCUT2D eigenvalue weighted by molar-refractivity contribution is -0.119. The van der Waals surface area contributed by atoms with Gasteiger partial charge in [-0.05, 0) is 48.5 Å². The van der Waals surface area contributed by atoms with Crippen molar-refractivity contribution in [3.8, 4) is 5.75 Å². The average Bonchev–Trinajstić information content (AvgIpc) is 2.56. The Bertz CT molecular complexity index is 697. The smallest absolute Gasteiger partial charge is 0.262 e. The first-order valence-corrected chi connectivity index (χ1v) is 7.91. The van der Waals surface area contributed by atoms with E-state index in [1.807, 2.05) is 13.8 Å². The van der Waals surface area contributed by atoms with Gasteiger partial charge >= 0.3 is 0 Å². The summed E-state index contributed by atoms with van der Waals surface area (Å²) in [5.41, 5.74) is 1.31. The second kappa shape index (κ2) is 8.36. The molecule has 0 fully saturated rings. The molecule has 2 aromatic carbocycles. The molecule has 0 aromatic heterocycles. The van der Waals surface area contributed by atoms with E-state index in [0.717, 1.165) is 0 Å². The predicted octanol–water partition coefficient (Wildman–Crippen LogP) is 3.95. The van der Waals surface area contributed by atoms with Gasteiger partial charge in [-0.3, -0.25) is 9.59 Å². The van der Waals surface area contributed by atoms with E-state index in [0.29, 0.717) is 22.1 Å². The summed E-state index contributed by atoms with van der Waals surface area (Å²) in [4.78, 5) is 23.5. The predicted molar refractivity (Wildman–Crippen MR) is 95.5 cm³/mol. The van der Waals surface area contributed by atoms with Gasteiger partial charge in [0.25, 0.3) is 5.91 Å². The molecule has 0 heterocycles. The second-order valence-corrected chi connectivity index (χ2v) is 5.95. The third kappa shape index (κ3) is 5.59. The highest BCUT2D eigenvalue weighted by atomic mass is 35.5. The van der Waals surface area contributed by atoms with E-state index >= 15 is 0 Å². The maximum Gasteiger partial charge on any atom is 0.262 e. The average molecular weight is 347 g/mol. The molecule has 0 bridgehead atoms. The van der Waals surface area contributed by atoms with E-state index in [9.17, 15) is 9.59 Å². The fourth-order valence-corrected chi connectivity index (χ4v) is 1.93. The molecule has 2 rings (SSSR count). The highest BCUT2D eigenvalue weighted by Crippen LogP contribution is 2.16. The van der Waals surface area contributed by atoms with Crippen molar-refractivity contribution in [2.75, 3.05) is 17.2 Å². The van der Waals surface area contributed by atoms with Gasteiger partial charge in [-0.1, -0.05) is 25.4 Å². The first-order chi connectivity index (χ1) is 11.4. The number of halogens is 1. The SMILES string of the molecule is CC(C)C(=O)Nc1ccc(NC(=O)COc2ccc(Cl)cc2)cc1. The third-order valence-electron chi connectivity index (χ3n) is 3.14. The monoisotopic (exact) mass is 346 g/mol. The molecule has 0 aliphatic carbocycles. The van der Waals surface area contributed by atoms with Crippen LogP contribution >= 0.6 is 11.6 Å². The van der Waals surface area contributed by atoms with Crippen molar-refractivity contribution in [2.24, 2.45) is 5.92 Å². The molecule has 5 nitrogen and oxygen atoms in total. The number of hydrogen-bond acceptors (Lipinski definition) is 3. The molecule has 2 aromatic rings. The number of hydrogen-bond donors (Lipinski definition) is 2. The van der Waals surface area contributed by atoms with Gasteiger partial charge in [0.1, 0.15) is 5.75 Å². The maximum absolute atomic E-state index is 11.9. The van der Waals surface area contributed by atoms with Crippen LogP contribution in [0.1, 0.15) is 13.8 Å². The lowest BCUT2D eigenvalue weighted by atomic mass is 10.2. The first kappa shape index (κ1) is 17.8. The van der Waals surface area contributed by atoms with Gasteiger partial charge in [0.2, 0.25) is 5.91 Å². The molecule has 0 spiro atoms. The van der Waals surface area contributed by atoms with E-state index < -0.39 is 0 Å². The minimum Gasteiger partial charge on any atom is -0.484 e. The fourth-order valence-electron chi connectivity index (χ4n) is 1.80. The van der Waals surface area contributed by atoms with Crippen LogP contribution in [-0.2, 0) is 9.59 Å². The summed E-state index contributed by atoms with van der Waals surface area (Å²) in [6.45, 7) is 3.54. The standard InChI is InChI=1S/C18H19ClN2O3/c1-12(2)18(23)21-15-7-5-14(6-8-15)20-17(22)11-24-16-9-3-13(19)4-10-16/h3-10,12H,11H2,1-2H3,(H,20,22)(H,21,23). The zero-order valence-electron chi connectivity index (χ0n) is 13.5. The zero-order valence-corrected chi connectivity index (χ0v) is 14.3. The lowest BCUT2D eigenvalue weighted by Gasteiger charge is -2.10. The molecule has 0 aliphatic rings. The summed E-state index contributed by atoms with van der Waals surface area (Å²) in [5, 5.41) is 6.12. The van der Waals surface area contributed by atoms with Gasteiger partial charge in [-0.25, -0.2) is 0 Å². The number of carbonyl (C=O) groups is 2. The Morgan fingerprint density at radius 1 is 0.958 bits per heavy atom. The van der Waals surface area contributed by atoms with E-state index in [2.05, 4.69) is 10.6 Å². The van der Waals surface area contributed by atoms with Gasteiger partial charge in [0.15, 0.2) is 6.61 Å². The van der Waals surface area contributed by atoms with Gasteiger partial charge in [0, 0.05) is 22.3 Å². The molecule has 0 saturated carbocycles. The van der Waals surface area contributed by atoms with Crippen LogP contribution in [0.4, 0.5) is 11.4 Å². The molecule has 0 saturated heterocycles. The zero-order chi connectivity index (χ0) is 17.5. The Kier molecular flexibility index (Phi) is 6.21. The van der Waals surface area contributed by atoms with Crippen LogP contribution in [0.15, 0.2) is 48.5 Å². The third-order valence-corrected chi connectivity index (χ3v) is 3.40. The molecule has 0 aliphatic heterocycles. The molecule has 6 heteroatoms. The highest BCUT2D eigenvalue weighted by molar-refractivity contribution is 6.30. The highest BCUT2D eigenvalue weighted by Gasteiger charge is 2.08. The van der Waals surface area contributed by atoms with Crippen LogP contribution < -0.4 is 15.4 Å². The van der Waals surface area contributed by atoms with Crippen LogP contribution in [0.2, 0.25) is 5.02 Å². The minimum absolute atomic E-state index is 0.0526. The van der Waals surface area contributed by atoms with Crippen molar-refractivity contribution in [1.29, 1.82) is 0 Å². The molecule has 2 amide bonds. The lowest BCUT2D eigenvalue weighted by Crippen LogP contribution is -2.20. The van der Waals surface area contributed by atoms with Crippen molar-refractivity contribution in [2.45, 2.75) is 13.8 Å². The van der Waals surface area contributed by atoms with E-state index in [-0.39, 0.29) is 24.3 Å². The fraction of sp³-hybridized carbons (Fsp3) is 0.222. The summed E-state index contributed by atoms with van der Waals surface area (Å²) < 4.78 is 5.37. The summed E-state index contributed by atoms with van der Waals surface area (Å²) in [6, 6.07) is 13.7. The van der Waals surface area contributed by atoms with Gasteiger partial charge < -0.3 is 15.4 Å². The Morgan fingerprint density at radius 3 is 2.04 bits per heavy atom. The van der Waals surface area contributed by atoms with Crippen molar-refractivity contribution in [3.63, 3.8) is 0 Å². The van der Waals surface area contributed by atoms with Gasteiger partial charge in [-0.15, -0.1) is 0 Å². The molecular weight excluding hydrogens is 328 g/mol. The molecular formula is C18H19ClN2O3. The second-order valence-electron chi connectivity index (χ2n) is 5.51. The molecule has 24 heavy (non-hydrogen) atoms. The van der Waals surface area contributed by atoms with Crippen molar-refractivity contribution >= 4 is 34.8 Å². The molecule has 126 valence electrons. The number of nitrogens with one attached hydrogen (secondary N) is 2. The van der Waals surface area contributed by atoms with Crippen molar-refractivity contribution < 1.29 is 14.3 Å². The summed E-state index contributed by atoms with van der Waals surface area (Å²) in [7, 11) is 0. The Hall–Kier alpha value is -2.53. The van der Waals surface area contributed by atoms with Crippen molar-refractivity contribution in [3.05, 3.63) is 53.6 Å². The normalized spacial score (nSPS) is 10.3. The Labute approximate surface area is 146 Å². The molecule has 0 unspecified atom stereocenters. The summed E-state index contributed by atoms with van der Waals surface area (Å²) in [6.07, 6.45) is 0. The van der Waals surface area contributed by atoms with Crippen LogP contribution in [0.25, 0.3) is 0 Å². The maximum atomic E-state index is 11.9. The number of amides is 2. The van der Waals surface area contributed by atoms with Gasteiger partial charge in [-0.2, -0.15) is 0 Å². The Balaban J connectivity index is 1.83. The van der Waals surface area contributed by atoms with Crippen LogP contribution in [0.5, 0.6) is 5.75 Å². The number of ether oxygens (including phenoxy) is 1. The molecule has 0 atom stereocenters. The molecule has 2 N–H and O–H groups in total. The largest absolute Gasteiger partial charge is 0.484 e. The number of carbonyl (C=O) groups excluding carboxylic acids is 2. The van der Waals surface area contributed by atoms with Crippen LogP contribution in [0.3, 0.4) is 0 Å². The van der Waals surface area contributed by atoms with Crippen LogP contribution in [0, 0.1) is 5.92 Å². The topological polar surface area (TPSA) is 67.4 Å². The quantitative estimate of drug-likeness (QED) is 0.832. The van der Waals surface area contributed by atoms with Gasteiger partial charge in [0.05, 0.1) is 0 Å². The first-order valence-electron chi connectivity index (χ1n) is 7.53. The number of benzene rings is 2. The summed E-state index contributed by atoms with van der Waals surface area (Å²) >= 11 is 5.78. The minimum atomic E-state index is -0.274. The molecule has 0 radical (unpaired) electrons. The summed E-state index contributed by atoms with van der Waals surface area (Å²) in [5.74, 6) is 0.155. The number of rotatable bonds is 6. The van der Waals surface area contributed by atoms with Crippen LogP contribution in [-0.4, -0.2) is 18.4 Å². The van der Waals surface area contributed by atoms with E-state index in [1.165, 1.54) is 0 Å². The number of anilines is 2.